The zero-order valence-corrected chi connectivity index (χ0v) is 20.3. The van der Waals surface area contributed by atoms with Gasteiger partial charge in [0.15, 0.2) is 4.91 Å². The number of rotatable bonds is 9. The summed E-state index contributed by atoms with van der Waals surface area (Å²) in [6, 6.07) is 16.8. The van der Waals surface area contributed by atoms with Crippen LogP contribution in [0.3, 0.4) is 0 Å². The minimum absolute atomic E-state index is 0.708. The first kappa shape index (κ1) is 24.1. The molecule has 0 spiro atoms. The monoisotopic (exact) mass is 450 g/mol. The van der Waals surface area contributed by atoms with Crippen molar-refractivity contribution in [3.8, 4) is 0 Å². The van der Waals surface area contributed by atoms with Crippen molar-refractivity contribution in [2.45, 2.75) is 33.7 Å². The van der Waals surface area contributed by atoms with E-state index in [1.165, 1.54) is 11.1 Å². The summed E-state index contributed by atoms with van der Waals surface area (Å²) in [5, 5.41) is 0. The summed E-state index contributed by atoms with van der Waals surface area (Å²) in [7, 11) is 0. The van der Waals surface area contributed by atoms with Crippen molar-refractivity contribution in [1.82, 2.24) is 9.80 Å². The van der Waals surface area contributed by atoms with E-state index in [1.54, 1.807) is 0 Å². The molecule has 0 bridgehead atoms. The molecule has 2 aromatic rings. The highest BCUT2D eigenvalue weighted by molar-refractivity contribution is 7.96. The first-order valence-electron chi connectivity index (χ1n) is 11.1. The van der Waals surface area contributed by atoms with E-state index >= 15 is 0 Å². The first-order valence-corrected chi connectivity index (χ1v) is 12.2. The van der Waals surface area contributed by atoms with E-state index in [4.69, 9.17) is 0 Å². The number of piperazine rings is 1. The van der Waals surface area contributed by atoms with E-state index in [9.17, 15) is 4.55 Å². The van der Waals surface area contributed by atoms with Gasteiger partial charge >= 0.3 is 0 Å². The SMILES string of the molecule is C=N/C(CC)=C(/C)[S+]([O-])Nc1ccc(C(=C)N2CCN(Cc3ccc(C)cc3)CC2)cc1. The van der Waals surface area contributed by atoms with Crippen LogP contribution in [0.1, 0.15) is 37.0 Å². The van der Waals surface area contributed by atoms with Crippen molar-refractivity contribution < 1.29 is 4.55 Å². The van der Waals surface area contributed by atoms with Crippen LogP contribution in [-0.2, 0) is 17.9 Å². The smallest absolute Gasteiger partial charge is 0.175 e. The minimum Gasteiger partial charge on any atom is -0.588 e. The van der Waals surface area contributed by atoms with Gasteiger partial charge in [0.2, 0.25) is 0 Å². The molecular formula is C26H34N4OS. The van der Waals surface area contributed by atoms with Gasteiger partial charge in [-0.05, 0) is 43.3 Å². The molecule has 1 saturated heterocycles. The Kier molecular flexibility index (Phi) is 8.56. The maximum Gasteiger partial charge on any atom is 0.175 e. The molecule has 0 aromatic heterocycles. The molecule has 1 atom stereocenters. The molecule has 1 aliphatic heterocycles. The largest absolute Gasteiger partial charge is 0.588 e. The lowest BCUT2D eigenvalue weighted by atomic mass is 10.1. The summed E-state index contributed by atoms with van der Waals surface area (Å²) in [5.41, 5.74) is 6.36. The highest BCUT2D eigenvalue weighted by Crippen LogP contribution is 2.24. The van der Waals surface area contributed by atoms with E-state index in [2.05, 4.69) is 64.0 Å². The van der Waals surface area contributed by atoms with Gasteiger partial charge in [-0.25, -0.2) is 4.72 Å². The maximum atomic E-state index is 12.5. The summed E-state index contributed by atoms with van der Waals surface area (Å²) in [6.45, 7) is 18.8. The summed E-state index contributed by atoms with van der Waals surface area (Å²) in [4.78, 5) is 9.52. The Morgan fingerprint density at radius 2 is 1.69 bits per heavy atom. The summed E-state index contributed by atoms with van der Waals surface area (Å²) < 4.78 is 15.6. The number of benzene rings is 2. The number of anilines is 1. The molecule has 5 nitrogen and oxygen atoms in total. The second-order valence-corrected chi connectivity index (χ2v) is 9.51. The zero-order valence-electron chi connectivity index (χ0n) is 19.4. The van der Waals surface area contributed by atoms with Gasteiger partial charge in [0, 0.05) is 45.3 Å². The van der Waals surface area contributed by atoms with Crippen LogP contribution in [0.2, 0.25) is 0 Å². The number of nitrogens with zero attached hydrogens (tertiary/aromatic N) is 3. The van der Waals surface area contributed by atoms with Crippen molar-refractivity contribution in [3.05, 3.63) is 82.4 Å². The molecule has 170 valence electrons. The molecule has 1 fully saturated rings. The lowest BCUT2D eigenvalue weighted by molar-refractivity contribution is 0.169. The normalized spacial score (nSPS) is 16.3. The van der Waals surface area contributed by atoms with E-state index in [0.29, 0.717) is 11.3 Å². The summed E-state index contributed by atoms with van der Waals surface area (Å²) >= 11 is -1.33. The molecule has 0 aliphatic carbocycles. The number of aliphatic imine (C=N–C) groups is 1. The van der Waals surface area contributed by atoms with Gasteiger partial charge < -0.3 is 9.45 Å². The lowest BCUT2D eigenvalue weighted by Crippen LogP contribution is -2.44. The van der Waals surface area contributed by atoms with Crippen molar-refractivity contribution >= 4 is 29.5 Å². The fourth-order valence-corrected chi connectivity index (χ4v) is 4.73. The fraction of sp³-hybridized carbons (Fsp3) is 0.346. The second-order valence-electron chi connectivity index (χ2n) is 8.16. The number of allylic oxidation sites excluding steroid dienone is 2. The van der Waals surface area contributed by atoms with Crippen molar-refractivity contribution in [2.75, 3.05) is 30.9 Å². The molecule has 32 heavy (non-hydrogen) atoms. The molecule has 0 radical (unpaired) electrons. The summed E-state index contributed by atoms with van der Waals surface area (Å²) in [5.74, 6) is 0. The van der Waals surface area contributed by atoms with Crippen LogP contribution in [0, 0.1) is 6.92 Å². The van der Waals surface area contributed by atoms with Crippen LogP contribution in [0.15, 0.2) is 70.7 Å². The third kappa shape index (κ3) is 6.25. The highest BCUT2D eigenvalue weighted by atomic mass is 32.2. The Balaban J connectivity index is 1.53. The van der Waals surface area contributed by atoms with Gasteiger partial charge in [-0.2, -0.15) is 0 Å². The maximum absolute atomic E-state index is 12.5. The van der Waals surface area contributed by atoms with E-state index in [0.717, 1.165) is 55.4 Å². The average Bonchev–Trinajstić information content (AvgIpc) is 2.82. The van der Waals surface area contributed by atoms with Crippen LogP contribution in [0.25, 0.3) is 5.70 Å². The van der Waals surface area contributed by atoms with Crippen molar-refractivity contribution in [1.29, 1.82) is 0 Å². The number of hydrogen-bond donors (Lipinski definition) is 1. The van der Waals surface area contributed by atoms with Crippen molar-refractivity contribution in [3.63, 3.8) is 0 Å². The predicted molar refractivity (Wildman–Crippen MR) is 138 cm³/mol. The lowest BCUT2D eigenvalue weighted by Gasteiger charge is -2.37. The molecule has 1 N–H and O–H groups in total. The van der Waals surface area contributed by atoms with Gasteiger partial charge in [-0.3, -0.25) is 9.89 Å². The third-order valence-electron chi connectivity index (χ3n) is 5.92. The molecule has 1 unspecified atom stereocenters. The molecule has 6 heteroatoms. The topological polar surface area (TPSA) is 53.9 Å². The molecule has 1 aliphatic rings. The third-order valence-corrected chi connectivity index (χ3v) is 7.13. The molecule has 2 aromatic carbocycles. The van der Waals surface area contributed by atoms with E-state index in [-0.39, 0.29) is 0 Å². The Morgan fingerprint density at radius 3 is 2.25 bits per heavy atom. The van der Waals surface area contributed by atoms with Crippen LogP contribution in [0.5, 0.6) is 0 Å². The molecule has 1 heterocycles. The van der Waals surface area contributed by atoms with Crippen LogP contribution >= 0.6 is 0 Å². The fourth-order valence-electron chi connectivity index (χ4n) is 3.80. The van der Waals surface area contributed by atoms with Gasteiger partial charge in [0.25, 0.3) is 0 Å². The van der Waals surface area contributed by atoms with Crippen LogP contribution in [-0.4, -0.2) is 47.2 Å². The van der Waals surface area contributed by atoms with Crippen LogP contribution in [0.4, 0.5) is 5.69 Å². The Hall–Kier alpha value is -2.54. The zero-order chi connectivity index (χ0) is 23.1. The Labute approximate surface area is 195 Å². The van der Waals surface area contributed by atoms with Gasteiger partial charge in [-0.15, -0.1) is 0 Å². The standard InChI is InChI=1S/C26H34N4OS/c1-6-26(27-5)22(4)32(31)28-25-13-11-24(12-14-25)21(3)30-17-15-29(16-18-30)19-23-9-7-20(2)8-10-23/h7-14,28H,3,5-6,15-19H2,1-2,4H3/b26-22-. The van der Waals surface area contributed by atoms with Gasteiger partial charge in [0.1, 0.15) is 11.4 Å². The molecule has 3 rings (SSSR count). The molecule has 0 amide bonds. The first-order chi connectivity index (χ1) is 15.4. The Morgan fingerprint density at radius 1 is 1.06 bits per heavy atom. The second kappa shape index (κ2) is 11.4. The van der Waals surface area contributed by atoms with Crippen molar-refractivity contribution in [2.24, 2.45) is 4.99 Å². The average molecular weight is 451 g/mol. The van der Waals surface area contributed by atoms with Gasteiger partial charge in [-0.1, -0.05) is 55.5 Å². The highest BCUT2D eigenvalue weighted by Gasteiger charge is 2.19. The number of nitrogens with one attached hydrogen (secondary N) is 1. The van der Waals surface area contributed by atoms with E-state index < -0.39 is 11.4 Å². The quantitative estimate of drug-likeness (QED) is 0.421. The Bertz CT molecular complexity index is 945. The van der Waals surface area contributed by atoms with Crippen LogP contribution < -0.4 is 4.72 Å². The predicted octanol–water partition coefficient (Wildman–Crippen LogP) is 5.20. The summed E-state index contributed by atoms with van der Waals surface area (Å²) in [6.07, 6.45) is 0.708. The molecule has 0 saturated carbocycles. The minimum atomic E-state index is -1.33. The number of hydrogen-bond acceptors (Lipinski definition) is 5. The van der Waals surface area contributed by atoms with Gasteiger partial charge in [0.05, 0.1) is 11.4 Å². The molecular weight excluding hydrogens is 416 g/mol. The van der Waals surface area contributed by atoms with E-state index in [1.807, 2.05) is 38.1 Å². The number of aryl methyl sites for hydroxylation is 1.